The first-order chi connectivity index (χ1) is 9.61. The van der Waals surface area contributed by atoms with Crippen molar-refractivity contribution in [2.24, 2.45) is 0 Å². The lowest BCUT2D eigenvalue weighted by molar-refractivity contribution is -0.154. The van der Waals surface area contributed by atoms with Crippen LogP contribution >= 0.6 is 0 Å². The van der Waals surface area contributed by atoms with Gasteiger partial charge in [-0.15, -0.1) is 0 Å². The number of aryl methyl sites for hydroxylation is 1. The first-order valence-electron chi connectivity index (χ1n) is 6.87. The molecule has 1 heterocycles. The molecule has 0 aliphatic carbocycles. The summed E-state index contributed by atoms with van der Waals surface area (Å²) in [6, 6.07) is 7.55. The molecule has 2 rings (SSSR count). The van der Waals surface area contributed by atoms with Gasteiger partial charge in [0.2, 0.25) is 5.91 Å². The summed E-state index contributed by atoms with van der Waals surface area (Å²) in [6.45, 7) is 5.59. The van der Waals surface area contributed by atoms with Crippen LogP contribution in [0.2, 0.25) is 0 Å². The summed E-state index contributed by atoms with van der Waals surface area (Å²) in [5.74, 6) is -0.297. The molecule has 1 aromatic carbocycles. The number of hydrogen-bond donors (Lipinski definition) is 1. The van der Waals surface area contributed by atoms with Crippen LogP contribution < -0.4 is 5.32 Å². The topological polar surface area (TPSA) is 58.6 Å². The van der Waals surface area contributed by atoms with Gasteiger partial charge in [0, 0.05) is 18.8 Å². The molecule has 0 radical (unpaired) electrons. The highest BCUT2D eigenvalue weighted by Gasteiger charge is 2.30. The van der Waals surface area contributed by atoms with Crippen molar-refractivity contribution in [2.45, 2.75) is 26.4 Å². The van der Waals surface area contributed by atoms with E-state index >= 15 is 0 Å². The zero-order valence-electron chi connectivity index (χ0n) is 11.9. The van der Waals surface area contributed by atoms with E-state index in [0.29, 0.717) is 19.7 Å². The number of carbonyl (C=O) groups excluding carboxylic acids is 2. The molecule has 5 heteroatoms. The van der Waals surface area contributed by atoms with Crippen LogP contribution in [0.15, 0.2) is 24.3 Å². The summed E-state index contributed by atoms with van der Waals surface area (Å²) >= 11 is 0. The number of hydrogen-bond acceptors (Lipinski definition) is 3. The quantitative estimate of drug-likeness (QED) is 0.908. The molecule has 1 aliphatic rings. The molecule has 0 saturated carbocycles. The molecule has 1 aromatic rings. The summed E-state index contributed by atoms with van der Waals surface area (Å²) in [4.78, 5) is 25.8. The Morgan fingerprint density at radius 3 is 2.90 bits per heavy atom. The van der Waals surface area contributed by atoms with Gasteiger partial charge in [-0.05, 0) is 25.5 Å². The third-order valence-corrected chi connectivity index (χ3v) is 3.44. The monoisotopic (exact) mass is 276 g/mol. The summed E-state index contributed by atoms with van der Waals surface area (Å²) in [5, 5.41) is 2.82. The standard InChI is InChI=1S/C15H20N2O3/c1-3-17-8-9-20-13(15(17)19)10-14(18)16-12-7-5-4-6-11(12)2/h4-7,13H,3,8-10H2,1-2H3,(H,16,18)/t13-/m0/s1. The Labute approximate surface area is 118 Å². The molecule has 0 unspecified atom stereocenters. The van der Waals surface area contributed by atoms with Crippen LogP contribution in [-0.2, 0) is 14.3 Å². The molecule has 1 fully saturated rings. The van der Waals surface area contributed by atoms with E-state index in [-0.39, 0.29) is 18.2 Å². The Hall–Kier alpha value is -1.88. The number of nitrogens with one attached hydrogen (secondary N) is 1. The Kier molecular flexibility index (Phi) is 4.74. The van der Waals surface area contributed by atoms with Crippen molar-refractivity contribution in [1.29, 1.82) is 0 Å². The maximum atomic E-state index is 12.0. The highest BCUT2D eigenvalue weighted by Crippen LogP contribution is 2.15. The van der Waals surface area contributed by atoms with Crippen LogP contribution in [-0.4, -0.2) is 42.5 Å². The number of para-hydroxylation sites is 1. The van der Waals surface area contributed by atoms with Gasteiger partial charge in [0.25, 0.3) is 5.91 Å². The van der Waals surface area contributed by atoms with E-state index < -0.39 is 6.10 Å². The minimum Gasteiger partial charge on any atom is -0.366 e. The first-order valence-corrected chi connectivity index (χ1v) is 6.87. The number of carbonyl (C=O) groups is 2. The minimum atomic E-state index is -0.660. The third kappa shape index (κ3) is 3.36. The Morgan fingerprint density at radius 1 is 1.45 bits per heavy atom. The number of benzene rings is 1. The van der Waals surface area contributed by atoms with Crippen molar-refractivity contribution in [1.82, 2.24) is 4.90 Å². The molecule has 2 amide bonds. The van der Waals surface area contributed by atoms with E-state index in [0.717, 1.165) is 11.3 Å². The number of amides is 2. The second-order valence-corrected chi connectivity index (χ2v) is 4.84. The van der Waals surface area contributed by atoms with Crippen LogP contribution in [0.1, 0.15) is 18.9 Å². The fraction of sp³-hybridized carbons (Fsp3) is 0.467. The molecule has 5 nitrogen and oxygen atoms in total. The number of nitrogens with zero attached hydrogens (tertiary/aromatic N) is 1. The maximum Gasteiger partial charge on any atom is 0.252 e. The molecule has 0 bridgehead atoms. The summed E-state index contributed by atoms with van der Waals surface area (Å²) in [7, 11) is 0. The van der Waals surface area contributed by atoms with Gasteiger partial charge in [0.1, 0.15) is 6.10 Å². The number of morpholine rings is 1. The van der Waals surface area contributed by atoms with Crippen molar-refractivity contribution in [2.75, 3.05) is 25.0 Å². The highest BCUT2D eigenvalue weighted by atomic mass is 16.5. The van der Waals surface area contributed by atoms with Crippen molar-refractivity contribution < 1.29 is 14.3 Å². The Morgan fingerprint density at radius 2 is 2.20 bits per heavy atom. The van der Waals surface area contributed by atoms with Gasteiger partial charge >= 0.3 is 0 Å². The van der Waals surface area contributed by atoms with Crippen molar-refractivity contribution in [3.63, 3.8) is 0 Å². The molecule has 1 N–H and O–H groups in total. The lowest BCUT2D eigenvalue weighted by Gasteiger charge is -2.31. The smallest absolute Gasteiger partial charge is 0.252 e. The van der Waals surface area contributed by atoms with E-state index in [1.807, 2.05) is 38.1 Å². The van der Waals surface area contributed by atoms with Crippen LogP contribution in [0.25, 0.3) is 0 Å². The minimum absolute atomic E-state index is 0.0592. The largest absolute Gasteiger partial charge is 0.366 e. The lowest BCUT2D eigenvalue weighted by Crippen LogP contribution is -2.48. The van der Waals surface area contributed by atoms with Crippen LogP contribution in [0.5, 0.6) is 0 Å². The van der Waals surface area contributed by atoms with Gasteiger partial charge in [-0.25, -0.2) is 0 Å². The van der Waals surface area contributed by atoms with Gasteiger partial charge in [0.15, 0.2) is 0 Å². The average molecular weight is 276 g/mol. The van der Waals surface area contributed by atoms with Crippen molar-refractivity contribution in [3.05, 3.63) is 29.8 Å². The Bertz CT molecular complexity index is 502. The molecular formula is C15H20N2O3. The number of anilines is 1. The molecule has 20 heavy (non-hydrogen) atoms. The van der Waals surface area contributed by atoms with Crippen molar-refractivity contribution in [3.8, 4) is 0 Å². The second-order valence-electron chi connectivity index (χ2n) is 4.84. The lowest BCUT2D eigenvalue weighted by atomic mass is 10.1. The molecule has 0 aromatic heterocycles. The molecule has 108 valence electrons. The van der Waals surface area contributed by atoms with E-state index in [4.69, 9.17) is 4.74 Å². The second kappa shape index (κ2) is 6.52. The van der Waals surface area contributed by atoms with Gasteiger partial charge < -0.3 is 15.0 Å². The number of ether oxygens (including phenoxy) is 1. The Balaban J connectivity index is 1.94. The molecule has 1 aliphatic heterocycles. The van der Waals surface area contributed by atoms with Gasteiger partial charge in [-0.3, -0.25) is 9.59 Å². The van der Waals surface area contributed by atoms with Crippen LogP contribution in [0.3, 0.4) is 0 Å². The van der Waals surface area contributed by atoms with Crippen molar-refractivity contribution >= 4 is 17.5 Å². The molecule has 1 atom stereocenters. The predicted octanol–water partition coefficient (Wildman–Crippen LogP) is 1.57. The van der Waals surface area contributed by atoms with Gasteiger partial charge in [-0.2, -0.15) is 0 Å². The third-order valence-electron chi connectivity index (χ3n) is 3.44. The van der Waals surface area contributed by atoms with Crippen LogP contribution in [0, 0.1) is 6.92 Å². The summed E-state index contributed by atoms with van der Waals surface area (Å²) < 4.78 is 5.41. The maximum absolute atomic E-state index is 12.0. The molecule has 1 saturated heterocycles. The van der Waals surface area contributed by atoms with Crippen LogP contribution in [0.4, 0.5) is 5.69 Å². The van der Waals surface area contributed by atoms with Gasteiger partial charge in [-0.1, -0.05) is 18.2 Å². The first kappa shape index (κ1) is 14.5. The molecular weight excluding hydrogens is 256 g/mol. The molecule has 0 spiro atoms. The summed E-state index contributed by atoms with van der Waals surface area (Å²) in [5.41, 5.74) is 1.76. The highest BCUT2D eigenvalue weighted by molar-refractivity contribution is 5.95. The zero-order valence-corrected chi connectivity index (χ0v) is 11.9. The number of rotatable bonds is 4. The SMILES string of the molecule is CCN1CCO[C@@H](CC(=O)Nc2ccccc2C)C1=O. The normalized spacial score (nSPS) is 19.0. The fourth-order valence-electron chi connectivity index (χ4n) is 2.23. The van der Waals surface area contributed by atoms with E-state index in [1.54, 1.807) is 4.90 Å². The van der Waals surface area contributed by atoms with E-state index in [9.17, 15) is 9.59 Å². The predicted molar refractivity (Wildman–Crippen MR) is 76.4 cm³/mol. The van der Waals surface area contributed by atoms with E-state index in [2.05, 4.69) is 5.32 Å². The number of likely N-dealkylation sites (N-methyl/N-ethyl adjacent to an activating group) is 1. The average Bonchev–Trinajstić information content (AvgIpc) is 2.44. The van der Waals surface area contributed by atoms with Gasteiger partial charge in [0.05, 0.1) is 13.0 Å². The zero-order chi connectivity index (χ0) is 14.5. The fourth-order valence-corrected chi connectivity index (χ4v) is 2.23. The summed E-state index contributed by atoms with van der Waals surface area (Å²) in [6.07, 6.45) is -0.600. The van der Waals surface area contributed by atoms with E-state index in [1.165, 1.54) is 0 Å².